The van der Waals surface area contributed by atoms with E-state index >= 15 is 0 Å². The summed E-state index contributed by atoms with van der Waals surface area (Å²) in [6, 6.07) is 62.0. The van der Waals surface area contributed by atoms with Crippen molar-refractivity contribution in [1.82, 2.24) is 0 Å². The number of anilines is 3. The summed E-state index contributed by atoms with van der Waals surface area (Å²) < 4.78 is 6.54. The molecular formula is C42H29NO. The molecule has 0 N–H and O–H groups in total. The van der Waals surface area contributed by atoms with Gasteiger partial charge in [-0.05, 0) is 81.9 Å². The molecule has 0 unspecified atom stereocenters. The van der Waals surface area contributed by atoms with Crippen LogP contribution in [0.3, 0.4) is 0 Å². The fourth-order valence-corrected chi connectivity index (χ4v) is 6.12. The summed E-state index contributed by atoms with van der Waals surface area (Å²) in [4.78, 5) is 2.32. The van der Waals surface area contributed by atoms with Crippen LogP contribution in [0.25, 0.3) is 44.5 Å². The Bertz CT molecular complexity index is 1980. The molecule has 0 amide bonds. The Morgan fingerprint density at radius 1 is 0.295 bits per heavy atom. The topological polar surface area (TPSA) is 12.5 Å². The molecule has 0 atom stereocenters. The van der Waals surface area contributed by atoms with Crippen LogP contribution in [-0.2, 0) is 0 Å². The molecule has 0 saturated heterocycles. The monoisotopic (exact) mass is 563 g/mol. The highest BCUT2D eigenvalue weighted by Gasteiger charge is 2.22. The van der Waals surface area contributed by atoms with E-state index < -0.39 is 0 Å². The Kier molecular flexibility index (Phi) is 6.51. The number of para-hydroxylation sites is 1. The van der Waals surface area contributed by atoms with Gasteiger partial charge in [-0.3, -0.25) is 0 Å². The highest BCUT2D eigenvalue weighted by atomic mass is 16.5. The van der Waals surface area contributed by atoms with E-state index in [1.165, 1.54) is 27.8 Å². The van der Waals surface area contributed by atoms with Gasteiger partial charge < -0.3 is 9.64 Å². The van der Waals surface area contributed by atoms with Crippen molar-refractivity contribution < 1.29 is 4.74 Å². The van der Waals surface area contributed by atoms with Gasteiger partial charge in [0.15, 0.2) is 0 Å². The van der Waals surface area contributed by atoms with E-state index in [9.17, 15) is 0 Å². The van der Waals surface area contributed by atoms with Gasteiger partial charge in [0.05, 0.1) is 0 Å². The van der Waals surface area contributed by atoms with Gasteiger partial charge >= 0.3 is 0 Å². The number of rotatable bonds is 5. The van der Waals surface area contributed by atoms with Crippen LogP contribution in [0, 0.1) is 0 Å². The first-order valence-corrected chi connectivity index (χ1v) is 14.9. The molecule has 0 saturated carbocycles. The first-order valence-electron chi connectivity index (χ1n) is 14.9. The second-order valence-corrected chi connectivity index (χ2v) is 11.0. The van der Waals surface area contributed by atoms with Gasteiger partial charge in [0.25, 0.3) is 0 Å². The van der Waals surface area contributed by atoms with Crippen LogP contribution in [0.15, 0.2) is 176 Å². The molecule has 7 aromatic carbocycles. The Morgan fingerprint density at radius 3 is 1.27 bits per heavy atom. The largest absolute Gasteiger partial charge is 0.456 e. The van der Waals surface area contributed by atoms with E-state index in [1.54, 1.807) is 0 Å². The molecule has 44 heavy (non-hydrogen) atoms. The fourth-order valence-electron chi connectivity index (χ4n) is 6.12. The van der Waals surface area contributed by atoms with E-state index in [2.05, 4.69) is 169 Å². The van der Waals surface area contributed by atoms with Crippen LogP contribution < -0.4 is 9.64 Å². The molecule has 2 heteroatoms. The lowest BCUT2D eigenvalue weighted by atomic mass is 9.94. The normalized spacial score (nSPS) is 11.4. The first-order chi connectivity index (χ1) is 21.8. The van der Waals surface area contributed by atoms with Crippen LogP contribution in [0.5, 0.6) is 11.5 Å². The van der Waals surface area contributed by atoms with Gasteiger partial charge in [0.2, 0.25) is 0 Å². The van der Waals surface area contributed by atoms with E-state index in [0.29, 0.717) is 0 Å². The number of hydrogen-bond donors (Lipinski definition) is 0. The summed E-state index contributed by atoms with van der Waals surface area (Å²) in [6.45, 7) is 0. The van der Waals surface area contributed by atoms with Crippen LogP contribution >= 0.6 is 0 Å². The standard InChI is InChI=1S/C42H29NO/c1-3-11-30(12-4-1)32-19-23-34(24-20-32)43(35-25-21-33(22-26-35)31-13-5-2-6-14-31)36-27-28-42-40(29-36)38-16-8-7-15-37(38)39-17-9-10-18-41(39)44-42/h1-29H. The van der Waals surface area contributed by atoms with Crippen molar-refractivity contribution in [2.75, 3.05) is 4.90 Å². The molecule has 0 bridgehead atoms. The molecule has 0 spiro atoms. The van der Waals surface area contributed by atoms with Crippen molar-refractivity contribution in [2.24, 2.45) is 0 Å². The third-order valence-electron chi connectivity index (χ3n) is 8.30. The zero-order chi connectivity index (χ0) is 29.3. The Morgan fingerprint density at radius 2 is 0.705 bits per heavy atom. The predicted molar refractivity (Wildman–Crippen MR) is 183 cm³/mol. The van der Waals surface area contributed by atoms with Crippen molar-refractivity contribution in [3.8, 4) is 56.0 Å². The smallest absolute Gasteiger partial charge is 0.135 e. The van der Waals surface area contributed by atoms with Gasteiger partial charge in [-0.15, -0.1) is 0 Å². The minimum Gasteiger partial charge on any atom is -0.456 e. The lowest BCUT2D eigenvalue weighted by Crippen LogP contribution is -2.10. The molecule has 0 aliphatic carbocycles. The number of hydrogen-bond acceptors (Lipinski definition) is 2. The highest BCUT2D eigenvalue weighted by molar-refractivity contribution is 5.93. The minimum absolute atomic E-state index is 0.852. The van der Waals surface area contributed by atoms with Crippen molar-refractivity contribution in [1.29, 1.82) is 0 Å². The van der Waals surface area contributed by atoms with E-state index in [1.807, 2.05) is 12.1 Å². The van der Waals surface area contributed by atoms with E-state index in [4.69, 9.17) is 4.74 Å². The fraction of sp³-hybridized carbons (Fsp3) is 0. The van der Waals surface area contributed by atoms with Crippen LogP contribution in [-0.4, -0.2) is 0 Å². The molecular weight excluding hydrogens is 534 g/mol. The van der Waals surface area contributed by atoms with Crippen molar-refractivity contribution in [2.45, 2.75) is 0 Å². The Labute approximate surface area is 258 Å². The maximum atomic E-state index is 6.54. The molecule has 8 rings (SSSR count). The predicted octanol–water partition coefficient (Wildman–Crippen LogP) is 11.9. The Balaban J connectivity index is 1.26. The molecule has 0 fully saturated rings. The van der Waals surface area contributed by atoms with Crippen molar-refractivity contribution in [3.05, 3.63) is 176 Å². The third kappa shape index (κ3) is 4.73. The number of ether oxygens (including phenoxy) is 1. The zero-order valence-corrected chi connectivity index (χ0v) is 24.1. The molecule has 1 aliphatic rings. The second-order valence-electron chi connectivity index (χ2n) is 11.0. The quantitative estimate of drug-likeness (QED) is 0.206. The van der Waals surface area contributed by atoms with Gasteiger partial charge in [-0.25, -0.2) is 0 Å². The molecule has 2 nitrogen and oxygen atoms in total. The van der Waals surface area contributed by atoms with Crippen molar-refractivity contribution >= 4 is 17.1 Å². The summed E-state index contributed by atoms with van der Waals surface area (Å²) in [7, 11) is 0. The first kappa shape index (κ1) is 25.8. The molecule has 0 aromatic heterocycles. The van der Waals surface area contributed by atoms with Crippen LogP contribution in [0.4, 0.5) is 17.1 Å². The SMILES string of the molecule is c1ccc(-c2ccc(N(c3ccc(-c4ccccc4)cc3)c3ccc4c(c3)-c3ccccc3-c3ccccc3O4)cc2)cc1. The summed E-state index contributed by atoms with van der Waals surface area (Å²) in [5, 5.41) is 0. The summed E-state index contributed by atoms with van der Waals surface area (Å²) >= 11 is 0. The lowest BCUT2D eigenvalue weighted by molar-refractivity contribution is 0.488. The number of fused-ring (bicyclic) bond motifs is 5. The molecule has 7 aromatic rings. The lowest BCUT2D eigenvalue weighted by Gasteiger charge is -2.27. The third-order valence-corrected chi connectivity index (χ3v) is 8.30. The van der Waals surface area contributed by atoms with Crippen molar-refractivity contribution in [3.63, 3.8) is 0 Å². The maximum Gasteiger partial charge on any atom is 0.135 e. The maximum absolute atomic E-state index is 6.54. The number of benzene rings is 7. The van der Waals surface area contributed by atoms with E-state index in [0.717, 1.165) is 45.3 Å². The zero-order valence-electron chi connectivity index (χ0n) is 24.1. The summed E-state index contributed by atoms with van der Waals surface area (Å²) in [5.41, 5.74) is 12.5. The molecule has 1 aliphatic heterocycles. The van der Waals surface area contributed by atoms with E-state index in [-0.39, 0.29) is 0 Å². The van der Waals surface area contributed by atoms with Gasteiger partial charge in [0.1, 0.15) is 11.5 Å². The van der Waals surface area contributed by atoms with Gasteiger partial charge in [-0.1, -0.05) is 127 Å². The van der Waals surface area contributed by atoms with Gasteiger partial charge in [0, 0.05) is 28.2 Å². The van der Waals surface area contributed by atoms with Crippen LogP contribution in [0.1, 0.15) is 0 Å². The Hall–Kier alpha value is -5.86. The van der Waals surface area contributed by atoms with Gasteiger partial charge in [-0.2, -0.15) is 0 Å². The summed E-state index contributed by atoms with van der Waals surface area (Å²) in [6.07, 6.45) is 0. The summed E-state index contributed by atoms with van der Waals surface area (Å²) in [5.74, 6) is 1.72. The molecule has 1 heterocycles. The average molecular weight is 564 g/mol. The number of nitrogens with zero attached hydrogens (tertiary/aromatic N) is 1. The molecule has 208 valence electrons. The average Bonchev–Trinajstić information content (AvgIpc) is 3.24. The molecule has 0 radical (unpaired) electrons. The minimum atomic E-state index is 0.852. The highest BCUT2D eigenvalue weighted by Crippen LogP contribution is 2.48. The second kappa shape index (κ2) is 11.1. The van der Waals surface area contributed by atoms with Crippen LogP contribution in [0.2, 0.25) is 0 Å².